The van der Waals surface area contributed by atoms with Crippen LogP contribution in [-0.4, -0.2) is 42.7 Å². The number of rotatable bonds is 6. The molecule has 3 heterocycles. The van der Waals surface area contributed by atoms with Crippen molar-refractivity contribution < 1.29 is 46.5 Å². The number of carbonyl (C=O) groups is 2. The highest BCUT2D eigenvalue weighted by atomic mass is 19.4. The average Bonchev–Trinajstić information content (AvgIpc) is 3.18. The van der Waals surface area contributed by atoms with Gasteiger partial charge in [0.1, 0.15) is 18.2 Å². The third-order valence-electron chi connectivity index (χ3n) is 5.48. The van der Waals surface area contributed by atoms with E-state index in [4.69, 9.17) is 14.6 Å². The number of hydrogen-bond donors (Lipinski definition) is 2. The first-order chi connectivity index (χ1) is 18.2. The first-order valence-corrected chi connectivity index (χ1v) is 11.3. The molecule has 0 saturated carbocycles. The molecule has 0 atom stereocenters. The summed E-state index contributed by atoms with van der Waals surface area (Å²) < 4.78 is 67.3. The molecule has 0 aliphatic rings. The fourth-order valence-electron chi connectivity index (χ4n) is 3.72. The molecule has 0 spiro atoms. The Morgan fingerprint density at radius 2 is 1.69 bits per heavy atom. The van der Waals surface area contributed by atoms with Gasteiger partial charge in [-0.3, -0.25) is 9.38 Å². The number of aliphatic carboxylic acids is 1. The lowest BCUT2D eigenvalue weighted by atomic mass is 10.1. The molecule has 206 valence electrons. The van der Waals surface area contributed by atoms with Gasteiger partial charge in [-0.1, -0.05) is 13.0 Å². The normalized spacial score (nSPS) is 11.2. The fraction of sp³-hybridized carbons (Fsp3) is 0.231. The Bertz CT molecular complexity index is 1530. The maximum Gasteiger partial charge on any atom is 0.490 e. The molecule has 1 aromatic carbocycles. The van der Waals surface area contributed by atoms with Gasteiger partial charge < -0.3 is 14.9 Å². The largest absolute Gasteiger partial charge is 0.490 e. The van der Waals surface area contributed by atoms with Gasteiger partial charge in [-0.25, -0.2) is 23.4 Å². The second-order valence-electron chi connectivity index (χ2n) is 8.29. The van der Waals surface area contributed by atoms with E-state index in [1.807, 2.05) is 20.0 Å². The van der Waals surface area contributed by atoms with Crippen molar-refractivity contribution in [1.29, 1.82) is 0 Å². The van der Waals surface area contributed by atoms with Crippen molar-refractivity contribution in [2.45, 2.75) is 40.0 Å². The number of pyridine rings is 2. The number of carboxylic acids is 2. The highest BCUT2D eigenvalue weighted by Gasteiger charge is 2.38. The summed E-state index contributed by atoms with van der Waals surface area (Å²) in [4.78, 5) is 29.5. The molecule has 13 heteroatoms. The van der Waals surface area contributed by atoms with Crippen LogP contribution in [0.4, 0.5) is 22.0 Å². The molecule has 39 heavy (non-hydrogen) atoms. The van der Waals surface area contributed by atoms with Crippen molar-refractivity contribution in [3.63, 3.8) is 0 Å². The van der Waals surface area contributed by atoms with Crippen LogP contribution in [-0.2, 0) is 17.8 Å². The number of carboxylic acid groups (broad SMARTS) is 2. The van der Waals surface area contributed by atoms with Crippen LogP contribution < -0.4 is 4.74 Å². The van der Waals surface area contributed by atoms with Crippen molar-refractivity contribution in [2.24, 2.45) is 0 Å². The number of aromatic carboxylic acids is 1. The molecular weight excluding hydrogens is 529 g/mol. The molecule has 8 nitrogen and oxygen atoms in total. The van der Waals surface area contributed by atoms with Crippen LogP contribution in [0.25, 0.3) is 16.9 Å². The zero-order valence-corrected chi connectivity index (χ0v) is 20.8. The number of halogens is 5. The van der Waals surface area contributed by atoms with Crippen molar-refractivity contribution >= 4 is 17.6 Å². The van der Waals surface area contributed by atoms with E-state index < -0.39 is 29.7 Å². The Morgan fingerprint density at radius 3 is 2.23 bits per heavy atom. The predicted molar refractivity (Wildman–Crippen MR) is 129 cm³/mol. The van der Waals surface area contributed by atoms with Crippen LogP contribution in [0.1, 0.15) is 39.8 Å². The first kappa shape index (κ1) is 29.0. The van der Waals surface area contributed by atoms with Gasteiger partial charge in [-0.2, -0.15) is 13.2 Å². The smallest absolute Gasteiger partial charge is 0.485 e. The van der Waals surface area contributed by atoms with E-state index in [9.17, 15) is 31.9 Å². The summed E-state index contributed by atoms with van der Waals surface area (Å²) in [6.07, 6.45) is -1.12. The quantitative estimate of drug-likeness (QED) is 0.293. The number of hydrogen-bond acceptors (Lipinski definition) is 5. The molecule has 4 aromatic rings. The van der Waals surface area contributed by atoms with Gasteiger partial charge in [0.05, 0.1) is 28.2 Å². The van der Waals surface area contributed by atoms with Crippen molar-refractivity contribution in [3.8, 4) is 17.0 Å². The van der Waals surface area contributed by atoms with Gasteiger partial charge in [0.15, 0.2) is 11.4 Å². The van der Waals surface area contributed by atoms with Crippen LogP contribution in [0.2, 0.25) is 0 Å². The van der Waals surface area contributed by atoms with E-state index >= 15 is 0 Å². The van der Waals surface area contributed by atoms with E-state index in [1.54, 1.807) is 29.7 Å². The molecule has 0 unspecified atom stereocenters. The van der Waals surface area contributed by atoms with Gasteiger partial charge in [0.2, 0.25) is 0 Å². The van der Waals surface area contributed by atoms with Gasteiger partial charge in [-0.05, 0) is 50.1 Å². The Kier molecular flexibility index (Phi) is 8.52. The number of fused-ring (bicyclic) bond motifs is 1. The number of aryl methyl sites for hydroxylation is 3. The van der Waals surface area contributed by atoms with Gasteiger partial charge >= 0.3 is 18.1 Å². The minimum absolute atomic E-state index is 0.138. The minimum Gasteiger partial charge on any atom is -0.485 e. The molecule has 0 saturated heterocycles. The van der Waals surface area contributed by atoms with Crippen LogP contribution in [0.15, 0.2) is 42.7 Å². The lowest BCUT2D eigenvalue weighted by Gasteiger charge is -2.12. The number of benzene rings is 1. The molecule has 2 N–H and O–H groups in total. The maximum absolute atomic E-state index is 14.0. The molecule has 0 aliphatic heterocycles. The Hall–Kier alpha value is -4.55. The molecular formula is C26H22F5N3O5. The number of nitrogens with zero attached hydrogens (tertiary/aromatic N) is 3. The highest BCUT2D eigenvalue weighted by molar-refractivity contribution is 5.90. The van der Waals surface area contributed by atoms with Crippen LogP contribution in [0, 0.1) is 25.5 Å². The molecule has 0 amide bonds. The first-order valence-electron chi connectivity index (χ1n) is 11.3. The van der Waals surface area contributed by atoms with Gasteiger partial charge in [0.25, 0.3) is 0 Å². The summed E-state index contributed by atoms with van der Waals surface area (Å²) in [5.41, 5.74) is 3.66. The monoisotopic (exact) mass is 551 g/mol. The fourth-order valence-corrected chi connectivity index (χ4v) is 3.72. The maximum atomic E-state index is 14.0. The molecule has 0 radical (unpaired) electrons. The molecule has 4 rings (SSSR count). The third kappa shape index (κ3) is 6.48. The van der Waals surface area contributed by atoms with E-state index in [-0.39, 0.29) is 17.7 Å². The van der Waals surface area contributed by atoms with Crippen LogP contribution >= 0.6 is 0 Å². The van der Waals surface area contributed by atoms with Crippen molar-refractivity contribution in [3.05, 3.63) is 82.4 Å². The van der Waals surface area contributed by atoms with Crippen LogP contribution in [0.5, 0.6) is 5.75 Å². The number of imidazole rings is 1. The van der Waals surface area contributed by atoms with E-state index in [1.165, 1.54) is 18.2 Å². The van der Waals surface area contributed by atoms with E-state index in [0.717, 1.165) is 5.56 Å². The lowest BCUT2D eigenvalue weighted by molar-refractivity contribution is -0.192. The number of alkyl halides is 3. The summed E-state index contributed by atoms with van der Waals surface area (Å²) in [5.74, 6) is -4.81. The summed E-state index contributed by atoms with van der Waals surface area (Å²) in [6.45, 7) is 5.20. The van der Waals surface area contributed by atoms with E-state index in [2.05, 4.69) is 9.97 Å². The molecule has 0 aliphatic carbocycles. The second kappa shape index (κ2) is 11.5. The molecule has 0 fully saturated rings. The SMILES string of the molecule is CCc1ncc(-c2c(C)nc3c(OCc4c(F)cccc4F)cc(C)cn23)cc1C(=O)O.O=C(O)C(F)(F)F. The summed E-state index contributed by atoms with van der Waals surface area (Å²) in [5, 5.41) is 16.7. The summed E-state index contributed by atoms with van der Waals surface area (Å²) in [6, 6.07) is 6.98. The topological polar surface area (TPSA) is 114 Å². The van der Waals surface area contributed by atoms with Crippen molar-refractivity contribution in [1.82, 2.24) is 14.4 Å². The second-order valence-corrected chi connectivity index (χ2v) is 8.29. The molecule has 0 bridgehead atoms. The van der Waals surface area contributed by atoms with Gasteiger partial charge in [-0.15, -0.1) is 0 Å². The Morgan fingerprint density at radius 1 is 1.08 bits per heavy atom. The number of ether oxygens (including phenoxy) is 1. The van der Waals surface area contributed by atoms with Gasteiger partial charge in [0, 0.05) is 18.0 Å². The Balaban J connectivity index is 0.000000532. The molecule has 3 aromatic heterocycles. The lowest BCUT2D eigenvalue weighted by Crippen LogP contribution is -2.21. The number of aromatic nitrogens is 3. The summed E-state index contributed by atoms with van der Waals surface area (Å²) >= 11 is 0. The third-order valence-corrected chi connectivity index (χ3v) is 5.48. The van der Waals surface area contributed by atoms with Crippen LogP contribution in [0.3, 0.4) is 0 Å². The highest BCUT2D eigenvalue weighted by Crippen LogP contribution is 2.31. The zero-order chi connectivity index (χ0) is 29.1. The standard InChI is InChI=1S/C24H21F2N3O3.C2HF3O2/c1-4-20-16(24(30)31)9-15(10-27-20)22-14(3)28-23-21(8-13(2)11-29(22)23)32-12-17-18(25)6-5-7-19(17)26;3-2(4,5)1(6)7/h5-11H,4,12H2,1-3H3,(H,30,31);(H,6,7). The van der Waals surface area contributed by atoms with Crippen molar-refractivity contribution in [2.75, 3.05) is 0 Å². The predicted octanol–water partition coefficient (Wildman–Crippen LogP) is 5.76. The zero-order valence-electron chi connectivity index (χ0n) is 20.8. The summed E-state index contributed by atoms with van der Waals surface area (Å²) in [7, 11) is 0. The van der Waals surface area contributed by atoms with E-state index in [0.29, 0.717) is 40.5 Å². The Labute approximate surface area is 218 Å². The minimum atomic E-state index is -5.08. The average molecular weight is 551 g/mol.